The van der Waals surface area contributed by atoms with Crippen LogP contribution < -0.4 is 11.1 Å². The number of nitrogens with zero attached hydrogens (tertiary/aromatic N) is 3. The fraction of sp³-hybridized carbons (Fsp3) is 0.267. The molecule has 0 spiro atoms. The van der Waals surface area contributed by atoms with Gasteiger partial charge < -0.3 is 0 Å². The number of aromatic nitrogens is 4. The lowest BCUT2D eigenvalue weighted by Gasteiger charge is -2.03. The Morgan fingerprint density at radius 2 is 2.08 bits per heavy atom. The van der Waals surface area contributed by atoms with E-state index in [0.29, 0.717) is 22.1 Å². The van der Waals surface area contributed by atoms with Gasteiger partial charge in [-0.3, -0.25) is 19.6 Å². The van der Waals surface area contributed by atoms with Crippen LogP contribution >= 0.6 is 11.5 Å². The number of anilines is 1. The maximum Gasteiger partial charge on any atom is 0.439 e. The highest BCUT2D eigenvalue weighted by molar-refractivity contribution is 7.09. The molecule has 0 aliphatic heterocycles. The Morgan fingerprint density at radius 3 is 2.71 bits per heavy atom. The molecule has 1 aliphatic rings. The molecule has 122 valence electrons. The van der Waals surface area contributed by atoms with Crippen molar-refractivity contribution < 1.29 is 9.32 Å². The lowest BCUT2D eigenvalue weighted by atomic mass is 10.1. The van der Waals surface area contributed by atoms with Gasteiger partial charge in [-0.05, 0) is 25.0 Å². The van der Waals surface area contributed by atoms with Gasteiger partial charge in [0.1, 0.15) is 0 Å². The predicted octanol–water partition coefficient (Wildman–Crippen LogP) is 2.19. The van der Waals surface area contributed by atoms with E-state index < -0.39 is 5.76 Å². The van der Waals surface area contributed by atoms with E-state index in [1.54, 1.807) is 24.3 Å². The summed E-state index contributed by atoms with van der Waals surface area (Å²) in [6.07, 6.45) is 2.17. The van der Waals surface area contributed by atoms with Crippen LogP contribution in [-0.4, -0.2) is 25.4 Å². The number of H-pyrrole nitrogens is 1. The quantitative estimate of drug-likeness (QED) is 0.750. The van der Waals surface area contributed by atoms with Gasteiger partial charge in [0.05, 0.1) is 0 Å². The zero-order valence-electron chi connectivity index (χ0n) is 12.7. The predicted molar refractivity (Wildman–Crippen MR) is 87.0 cm³/mol. The standard InChI is InChI=1S/C15H13N5O3S/c1-15(6-7-15)12-18-13(24-20-12)17-11(21)9-4-2-8(3-5-9)10-16-14(22)23-19-10/h2-5H,6-7H2,1H3,(H,16,19,22)(H,17,18,20,21). The van der Waals surface area contributed by atoms with Crippen LogP contribution in [0.25, 0.3) is 11.4 Å². The summed E-state index contributed by atoms with van der Waals surface area (Å²) in [6.45, 7) is 2.12. The van der Waals surface area contributed by atoms with E-state index in [0.717, 1.165) is 18.7 Å². The van der Waals surface area contributed by atoms with E-state index in [2.05, 4.69) is 36.3 Å². The molecular weight excluding hydrogens is 330 g/mol. The van der Waals surface area contributed by atoms with E-state index in [1.165, 1.54) is 11.5 Å². The number of hydrogen-bond acceptors (Lipinski definition) is 7. The van der Waals surface area contributed by atoms with Crippen LogP contribution in [-0.2, 0) is 5.41 Å². The second kappa shape index (κ2) is 5.38. The monoisotopic (exact) mass is 343 g/mol. The van der Waals surface area contributed by atoms with Crippen molar-refractivity contribution in [3.8, 4) is 11.4 Å². The van der Waals surface area contributed by atoms with E-state index >= 15 is 0 Å². The molecule has 4 rings (SSSR count). The topological polar surface area (TPSA) is 114 Å². The van der Waals surface area contributed by atoms with Crippen molar-refractivity contribution in [2.75, 3.05) is 5.32 Å². The third-order valence-corrected chi connectivity index (χ3v) is 4.68. The highest BCUT2D eigenvalue weighted by atomic mass is 32.1. The Hall–Kier alpha value is -2.81. The third-order valence-electron chi connectivity index (χ3n) is 4.05. The van der Waals surface area contributed by atoms with Crippen LogP contribution in [0.4, 0.5) is 5.13 Å². The van der Waals surface area contributed by atoms with Crippen LogP contribution in [0, 0.1) is 0 Å². The summed E-state index contributed by atoms with van der Waals surface area (Å²) in [4.78, 5) is 30.1. The Balaban J connectivity index is 1.48. The highest BCUT2D eigenvalue weighted by Gasteiger charge is 2.42. The van der Waals surface area contributed by atoms with Gasteiger partial charge in [0, 0.05) is 28.1 Å². The van der Waals surface area contributed by atoms with Crippen molar-refractivity contribution in [2.24, 2.45) is 0 Å². The van der Waals surface area contributed by atoms with Gasteiger partial charge in [-0.15, -0.1) is 0 Å². The lowest BCUT2D eigenvalue weighted by Crippen LogP contribution is -2.12. The SMILES string of the molecule is CC1(c2nsc(NC(=O)c3ccc(-c4noc(=O)[nH]4)cc3)n2)CC1. The Bertz CT molecular complexity index is 952. The van der Waals surface area contributed by atoms with Gasteiger partial charge in [-0.1, -0.05) is 24.2 Å². The summed E-state index contributed by atoms with van der Waals surface area (Å²) in [5.74, 6) is 0.230. The molecule has 1 saturated carbocycles. The van der Waals surface area contributed by atoms with Crippen LogP contribution in [0.5, 0.6) is 0 Å². The minimum Gasteiger partial charge on any atom is -0.297 e. The summed E-state index contributed by atoms with van der Waals surface area (Å²) >= 11 is 1.19. The zero-order valence-corrected chi connectivity index (χ0v) is 13.5. The Labute approximate surface area is 140 Å². The molecule has 0 unspecified atom stereocenters. The Kier molecular flexibility index (Phi) is 3.31. The average molecular weight is 343 g/mol. The molecule has 0 atom stereocenters. The maximum absolute atomic E-state index is 12.3. The first kappa shape index (κ1) is 14.8. The van der Waals surface area contributed by atoms with Crippen molar-refractivity contribution in [3.05, 3.63) is 46.2 Å². The summed E-state index contributed by atoms with van der Waals surface area (Å²) < 4.78 is 8.77. The van der Waals surface area contributed by atoms with Gasteiger partial charge in [0.25, 0.3) is 5.91 Å². The van der Waals surface area contributed by atoms with Gasteiger partial charge >= 0.3 is 5.76 Å². The van der Waals surface area contributed by atoms with Crippen LogP contribution in [0.15, 0.2) is 33.6 Å². The molecule has 0 saturated heterocycles. The molecule has 2 N–H and O–H groups in total. The summed E-state index contributed by atoms with van der Waals surface area (Å²) in [6, 6.07) is 6.64. The van der Waals surface area contributed by atoms with Crippen molar-refractivity contribution in [1.29, 1.82) is 0 Å². The number of amides is 1. The first-order chi connectivity index (χ1) is 11.5. The molecule has 1 aromatic carbocycles. The smallest absolute Gasteiger partial charge is 0.297 e. The van der Waals surface area contributed by atoms with Crippen molar-refractivity contribution >= 4 is 22.6 Å². The first-order valence-corrected chi connectivity index (χ1v) is 8.13. The molecule has 2 heterocycles. The van der Waals surface area contributed by atoms with Gasteiger partial charge in [-0.25, -0.2) is 9.78 Å². The van der Waals surface area contributed by atoms with Gasteiger partial charge in [0.2, 0.25) is 5.13 Å². The van der Waals surface area contributed by atoms with E-state index in [9.17, 15) is 9.59 Å². The molecular formula is C15H13N5O3S. The zero-order chi connectivity index (χ0) is 16.7. The largest absolute Gasteiger partial charge is 0.439 e. The minimum atomic E-state index is -0.622. The van der Waals surface area contributed by atoms with E-state index in [4.69, 9.17) is 0 Å². The fourth-order valence-electron chi connectivity index (χ4n) is 2.23. The molecule has 1 fully saturated rings. The molecule has 0 bridgehead atoms. The molecule has 1 amide bonds. The molecule has 0 radical (unpaired) electrons. The number of rotatable bonds is 4. The number of hydrogen-bond donors (Lipinski definition) is 2. The average Bonchev–Trinajstić information content (AvgIpc) is 2.99. The second-order valence-electron chi connectivity index (χ2n) is 5.96. The molecule has 1 aliphatic carbocycles. The van der Waals surface area contributed by atoms with Crippen molar-refractivity contribution in [2.45, 2.75) is 25.2 Å². The van der Waals surface area contributed by atoms with Crippen LogP contribution in [0.2, 0.25) is 0 Å². The molecule has 9 heteroatoms. The van der Waals surface area contributed by atoms with Crippen LogP contribution in [0.3, 0.4) is 0 Å². The number of aromatic amines is 1. The van der Waals surface area contributed by atoms with Crippen LogP contribution in [0.1, 0.15) is 35.9 Å². The van der Waals surface area contributed by atoms with Crippen molar-refractivity contribution in [1.82, 2.24) is 19.5 Å². The summed E-state index contributed by atoms with van der Waals surface area (Å²) in [5.41, 5.74) is 1.20. The Morgan fingerprint density at radius 1 is 1.33 bits per heavy atom. The normalized spacial score (nSPS) is 15.2. The summed E-state index contributed by atoms with van der Waals surface area (Å²) in [7, 11) is 0. The number of carbonyl (C=O) groups is 1. The van der Waals surface area contributed by atoms with E-state index in [1.807, 2.05) is 0 Å². The van der Waals surface area contributed by atoms with E-state index in [-0.39, 0.29) is 11.3 Å². The molecule has 2 aromatic heterocycles. The van der Waals surface area contributed by atoms with Crippen molar-refractivity contribution in [3.63, 3.8) is 0 Å². The lowest BCUT2D eigenvalue weighted by molar-refractivity contribution is 0.102. The second-order valence-corrected chi connectivity index (χ2v) is 6.71. The molecule has 8 nitrogen and oxygen atoms in total. The summed E-state index contributed by atoms with van der Waals surface area (Å²) in [5, 5.41) is 6.85. The minimum absolute atomic E-state index is 0.0790. The van der Waals surface area contributed by atoms with Gasteiger partial charge in [-0.2, -0.15) is 4.37 Å². The molecule has 3 aromatic rings. The highest BCUT2D eigenvalue weighted by Crippen LogP contribution is 2.46. The number of benzene rings is 1. The first-order valence-electron chi connectivity index (χ1n) is 7.35. The molecule has 24 heavy (non-hydrogen) atoms. The van der Waals surface area contributed by atoms with Gasteiger partial charge in [0.15, 0.2) is 11.6 Å². The fourth-order valence-corrected chi connectivity index (χ4v) is 2.93. The third kappa shape index (κ3) is 2.73. The maximum atomic E-state index is 12.3. The number of carbonyl (C=O) groups excluding carboxylic acids is 1. The number of nitrogens with one attached hydrogen (secondary N) is 2.